The molecule has 1 N–H and O–H groups in total. The van der Waals surface area contributed by atoms with Crippen LogP contribution in [-0.4, -0.2) is 53.5 Å². The van der Waals surface area contributed by atoms with Gasteiger partial charge >= 0.3 is 0 Å². The molecule has 4 nitrogen and oxygen atoms in total. The van der Waals surface area contributed by atoms with E-state index in [0.29, 0.717) is 23.1 Å². The molecular weight excluding hydrogens is 392 g/mol. The second kappa shape index (κ2) is 8.52. The predicted octanol–water partition coefficient (Wildman–Crippen LogP) is 3.93. The van der Waals surface area contributed by atoms with Gasteiger partial charge in [0.2, 0.25) is 0 Å². The number of hydrogen-bond donors (Lipinski definition) is 1. The van der Waals surface area contributed by atoms with E-state index < -0.39 is 0 Å². The SMILES string of the molecule is Cc1cc(Br)c(O)c(C(=O)N2CCN(C/C=C/c3ccccc3)CC2)c1. The summed E-state index contributed by atoms with van der Waals surface area (Å²) < 4.78 is 0.561. The molecule has 0 atom stereocenters. The normalized spacial score (nSPS) is 15.5. The van der Waals surface area contributed by atoms with Gasteiger partial charge in [0.05, 0.1) is 10.0 Å². The van der Waals surface area contributed by atoms with Crippen LogP contribution in [0.15, 0.2) is 53.0 Å². The van der Waals surface area contributed by atoms with Gasteiger partial charge in [-0.25, -0.2) is 0 Å². The van der Waals surface area contributed by atoms with Crippen LogP contribution in [-0.2, 0) is 0 Å². The molecule has 1 heterocycles. The number of halogens is 1. The number of hydrogen-bond acceptors (Lipinski definition) is 3. The van der Waals surface area contributed by atoms with Gasteiger partial charge in [0, 0.05) is 32.7 Å². The van der Waals surface area contributed by atoms with Gasteiger partial charge in [-0.1, -0.05) is 42.5 Å². The molecule has 26 heavy (non-hydrogen) atoms. The molecule has 2 aromatic rings. The molecule has 2 aromatic carbocycles. The first kappa shape index (κ1) is 18.7. The average Bonchev–Trinajstić information content (AvgIpc) is 2.65. The molecule has 0 unspecified atom stereocenters. The molecule has 0 saturated carbocycles. The van der Waals surface area contributed by atoms with E-state index in [1.165, 1.54) is 5.56 Å². The van der Waals surface area contributed by atoms with Crippen LogP contribution in [0.3, 0.4) is 0 Å². The number of nitrogens with zero attached hydrogens (tertiary/aromatic N) is 2. The van der Waals surface area contributed by atoms with Crippen molar-refractivity contribution < 1.29 is 9.90 Å². The average molecular weight is 415 g/mol. The van der Waals surface area contributed by atoms with Crippen LogP contribution in [0.4, 0.5) is 0 Å². The highest BCUT2D eigenvalue weighted by Gasteiger charge is 2.24. The molecule has 0 radical (unpaired) electrons. The molecule has 1 aliphatic heterocycles. The number of benzene rings is 2. The van der Waals surface area contributed by atoms with Crippen molar-refractivity contribution in [3.63, 3.8) is 0 Å². The van der Waals surface area contributed by atoms with Gasteiger partial charge in [0.15, 0.2) is 0 Å². The third kappa shape index (κ3) is 4.54. The van der Waals surface area contributed by atoms with Crippen LogP contribution in [0.1, 0.15) is 21.5 Å². The summed E-state index contributed by atoms with van der Waals surface area (Å²) in [6.07, 6.45) is 4.29. The van der Waals surface area contributed by atoms with Crippen LogP contribution in [0, 0.1) is 6.92 Å². The fraction of sp³-hybridized carbons (Fsp3) is 0.286. The maximum Gasteiger partial charge on any atom is 0.257 e. The molecular formula is C21H23BrN2O2. The zero-order valence-electron chi connectivity index (χ0n) is 14.9. The lowest BCUT2D eigenvalue weighted by Gasteiger charge is -2.34. The molecule has 0 spiro atoms. The Morgan fingerprint density at radius 1 is 1.15 bits per heavy atom. The lowest BCUT2D eigenvalue weighted by atomic mass is 10.1. The molecule has 1 amide bonds. The Hall–Kier alpha value is -2.11. The van der Waals surface area contributed by atoms with Crippen LogP contribution < -0.4 is 0 Å². The minimum absolute atomic E-state index is 0.0221. The van der Waals surface area contributed by atoms with Crippen LogP contribution >= 0.6 is 15.9 Å². The first-order chi connectivity index (χ1) is 12.5. The van der Waals surface area contributed by atoms with Crippen molar-refractivity contribution in [2.45, 2.75) is 6.92 Å². The van der Waals surface area contributed by atoms with E-state index in [1.54, 1.807) is 6.07 Å². The summed E-state index contributed by atoms with van der Waals surface area (Å²) in [5.74, 6) is -0.0831. The number of phenolic OH excluding ortho intramolecular Hbond substituents is 1. The van der Waals surface area contributed by atoms with Crippen molar-refractivity contribution in [1.29, 1.82) is 0 Å². The Morgan fingerprint density at radius 2 is 1.85 bits per heavy atom. The second-order valence-corrected chi connectivity index (χ2v) is 7.40. The van der Waals surface area contributed by atoms with Crippen LogP contribution in [0.2, 0.25) is 0 Å². The van der Waals surface area contributed by atoms with E-state index in [9.17, 15) is 9.90 Å². The first-order valence-corrected chi connectivity index (χ1v) is 9.56. The zero-order chi connectivity index (χ0) is 18.5. The summed E-state index contributed by atoms with van der Waals surface area (Å²) in [4.78, 5) is 16.9. The fourth-order valence-corrected chi connectivity index (χ4v) is 3.68. The molecule has 136 valence electrons. The van der Waals surface area contributed by atoms with Gasteiger partial charge < -0.3 is 10.0 Å². The number of carbonyl (C=O) groups excluding carboxylic acids is 1. The number of carbonyl (C=O) groups is 1. The molecule has 1 fully saturated rings. The second-order valence-electron chi connectivity index (χ2n) is 6.55. The molecule has 1 aliphatic rings. The van der Waals surface area contributed by atoms with Crippen molar-refractivity contribution in [3.05, 3.63) is 69.7 Å². The number of phenols is 1. The summed E-state index contributed by atoms with van der Waals surface area (Å²) in [5.41, 5.74) is 2.51. The van der Waals surface area contributed by atoms with Crippen LogP contribution in [0.25, 0.3) is 6.08 Å². The lowest BCUT2D eigenvalue weighted by Crippen LogP contribution is -2.48. The summed E-state index contributed by atoms with van der Waals surface area (Å²) in [7, 11) is 0. The van der Waals surface area contributed by atoms with Crippen molar-refractivity contribution in [1.82, 2.24) is 9.80 Å². The highest BCUT2D eigenvalue weighted by atomic mass is 79.9. The molecule has 3 rings (SSSR count). The summed E-state index contributed by atoms with van der Waals surface area (Å²) in [6.45, 7) is 5.79. The molecule has 0 aromatic heterocycles. The number of aryl methyl sites for hydroxylation is 1. The number of aromatic hydroxyl groups is 1. The van der Waals surface area contributed by atoms with Gasteiger partial charge in [-0.3, -0.25) is 9.69 Å². The van der Waals surface area contributed by atoms with E-state index in [-0.39, 0.29) is 11.7 Å². The first-order valence-electron chi connectivity index (χ1n) is 8.77. The largest absolute Gasteiger partial charge is 0.506 e. The fourth-order valence-electron chi connectivity index (χ4n) is 3.10. The quantitative estimate of drug-likeness (QED) is 0.823. The minimum Gasteiger partial charge on any atom is -0.506 e. The predicted molar refractivity (Wildman–Crippen MR) is 108 cm³/mol. The van der Waals surface area contributed by atoms with Crippen molar-refractivity contribution >= 4 is 27.9 Å². The van der Waals surface area contributed by atoms with E-state index in [1.807, 2.05) is 36.1 Å². The Balaban J connectivity index is 1.55. The molecule has 0 bridgehead atoms. The maximum atomic E-state index is 12.7. The highest BCUT2D eigenvalue weighted by Crippen LogP contribution is 2.30. The highest BCUT2D eigenvalue weighted by molar-refractivity contribution is 9.10. The summed E-state index contributed by atoms with van der Waals surface area (Å²) in [6, 6.07) is 13.8. The van der Waals surface area contributed by atoms with E-state index in [0.717, 1.165) is 25.2 Å². The van der Waals surface area contributed by atoms with Gasteiger partial charge in [-0.05, 0) is 46.1 Å². The third-order valence-electron chi connectivity index (χ3n) is 4.57. The van der Waals surface area contributed by atoms with Gasteiger partial charge in [-0.15, -0.1) is 0 Å². The Kier molecular flexibility index (Phi) is 6.12. The third-order valence-corrected chi connectivity index (χ3v) is 5.18. The number of piperazine rings is 1. The van der Waals surface area contributed by atoms with Gasteiger partial charge in [0.25, 0.3) is 5.91 Å². The van der Waals surface area contributed by atoms with Crippen molar-refractivity contribution in [3.8, 4) is 5.75 Å². The van der Waals surface area contributed by atoms with Gasteiger partial charge in [0.1, 0.15) is 5.75 Å². The molecule has 1 saturated heterocycles. The molecule has 5 heteroatoms. The van der Waals surface area contributed by atoms with Gasteiger partial charge in [-0.2, -0.15) is 0 Å². The molecule has 0 aliphatic carbocycles. The van der Waals surface area contributed by atoms with E-state index in [2.05, 4.69) is 45.1 Å². The number of amides is 1. The van der Waals surface area contributed by atoms with Crippen molar-refractivity contribution in [2.75, 3.05) is 32.7 Å². The Bertz CT molecular complexity index is 797. The Morgan fingerprint density at radius 3 is 2.54 bits per heavy atom. The smallest absolute Gasteiger partial charge is 0.257 e. The summed E-state index contributed by atoms with van der Waals surface area (Å²) in [5, 5.41) is 10.2. The van der Waals surface area contributed by atoms with Crippen LogP contribution in [0.5, 0.6) is 5.75 Å². The monoisotopic (exact) mass is 414 g/mol. The number of rotatable bonds is 4. The Labute approximate surface area is 162 Å². The van der Waals surface area contributed by atoms with E-state index in [4.69, 9.17) is 0 Å². The standard InChI is InChI=1S/C21H23BrN2O2/c1-16-14-18(20(25)19(22)15-16)21(26)24-12-10-23(11-13-24)9-5-8-17-6-3-2-4-7-17/h2-8,14-15,25H,9-13H2,1H3/b8-5+. The maximum absolute atomic E-state index is 12.7. The van der Waals surface area contributed by atoms with E-state index >= 15 is 0 Å². The minimum atomic E-state index is -0.105. The summed E-state index contributed by atoms with van der Waals surface area (Å²) >= 11 is 3.31. The topological polar surface area (TPSA) is 43.8 Å². The van der Waals surface area contributed by atoms with Crippen molar-refractivity contribution in [2.24, 2.45) is 0 Å². The zero-order valence-corrected chi connectivity index (χ0v) is 16.4. The lowest BCUT2D eigenvalue weighted by molar-refractivity contribution is 0.0647.